The molecule has 4 heteroatoms. The van der Waals surface area contributed by atoms with Gasteiger partial charge >= 0.3 is 5.97 Å². The number of rotatable bonds is 5. The molecule has 2 atom stereocenters. The summed E-state index contributed by atoms with van der Waals surface area (Å²) in [5.74, 6) is -0.374. The molecule has 0 aliphatic carbocycles. The van der Waals surface area contributed by atoms with Crippen LogP contribution in [0.3, 0.4) is 0 Å². The second kappa shape index (κ2) is 6.73. The highest BCUT2D eigenvalue weighted by Crippen LogP contribution is 2.24. The lowest BCUT2D eigenvalue weighted by atomic mass is 9.86. The minimum atomic E-state index is -0.592. The van der Waals surface area contributed by atoms with Crippen molar-refractivity contribution in [3.8, 4) is 0 Å². The van der Waals surface area contributed by atoms with Crippen molar-refractivity contribution >= 4 is 11.9 Å². The SMILES string of the molecule is CC[C@H](C)N(Cc1ccc(C(C)(C)C)cc1)C(=O)[C@H]1CC(=O)O1. The molecule has 1 fully saturated rings. The van der Waals surface area contributed by atoms with Crippen molar-refractivity contribution in [2.75, 3.05) is 0 Å². The first-order valence-corrected chi connectivity index (χ1v) is 8.31. The number of cyclic esters (lactones) is 1. The molecule has 0 aromatic heterocycles. The molecule has 2 rings (SSSR count). The summed E-state index contributed by atoms with van der Waals surface area (Å²) in [6.45, 7) is 11.2. The molecule has 1 aliphatic heterocycles. The van der Waals surface area contributed by atoms with Gasteiger partial charge in [-0.25, -0.2) is 0 Å². The number of benzene rings is 1. The van der Waals surface area contributed by atoms with Gasteiger partial charge in [-0.1, -0.05) is 52.0 Å². The van der Waals surface area contributed by atoms with Gasteiger partial charge < -0.3 is 9.64 Å². The third-order valence-electron chi connectivity index (χ3n) is 4.48. The van der Waals surface area contributed by atoms with Crippen LogP contribution in [0.2, 0.25) is 0 Å². The molecule has 1 heterocycles. The molecular weight excluding hydrogens is 290 g/mol. The maximum absolute atomic E-state index is 12.6. The van der Waals surface area contributed by atoms with Crippen LogP contribution in [-0.2, 0) is 26.3 Å². The summed E-state index contributed by atoms with van der Waals surface area (Å²) >= 11 is 0. The van der Waals surface area contributed by atoms with Gasteiger partial charge in [-0.05, 0) is 29.9 Å². The number of carbonyl (C=O) groups excluding carboxylic acids is 2. The summed E-state index contributed by atoms with van der Waals surface area (Å²) in [6, 6.07) is 8.52. The Kier molecular flexibility index (Phi) is 5.12. The van der Waals surface area contributed by atoms with Gasteiger partial charge in [-0.3, -0.25) is 9.59 Å². The molecule has 0 spiro atoms. The number of ether oxygens (including phenoxy) is 1. The van der Waals surface area contributed by atoms with Crippen LogP contribution in [0.1, 0.15) is 58.6 Å². The van der Waals surface area contributed by atoms with Crippen molar-refractivity contribution in [1.82, 2.24) is 4.90 Å². The molecule has 4 nitrogen and oxygen atoms in total. The van der Waals surface area contributed by atoms with Crippen LogP contribution in [0.5, 0.6) is 0 Å². The van der Waals surface area contributed by atoms with Gasteiger partial charge in [0.1, 0.15) is 0 Å². The lowest BCUT2D eigenvalue weighted by Gasteiger charge is -2.34. The summed E-state index contributed by atoms with van der Waals surface area (Å²) in [5.41, 5.74) is 2.48. The van der Waals surface area contributed by atoms with Crippen molar-refractivity contribution in [3.05, 3.63) is 35.4 Å². The van der Waals surface area contributed by atoms with Crippen LogP contribution in [0, 0.1) is 0 Å². The van der Waals surface area contributed by atoms with Crippen molar-refractivity contribution < 1.29 is 14.3 Å². The van der Waals surface area contributed by atoms with E-state index in [0.29, 0.717) is 6.54 Å². The van der Waals surface area contributed by atoms with E-state index in [1.54, 1.807) is 0 Å². The van der Waals surface area contributed by atoms with E-state index >= 15 is 0 Å². The maximum atomic E-state index is 12.6. The normalized spacial score (nSPS) is 18.8. The van der Waals surface area contributed by atoms with E-state index in [0.717, 1.165) is 12.0 Å². The smallest absolute Gasteiger partial charge is 0.310 e. The van der Waals surface area contributed by atoms with E-state index in [-0.39, 0.29) is 29.8 Å². The molecule has 126 valence electrons. The molecule has 23 heavy (non-hydrogen) atoms. The fourth-order valence-electron chi connectivity index (χ4n) is 2.60. The van der Waals surface area contributed by atoms with Crippen LogP contribution in [0.25, 0.3) is 0 Å². The minimum Gasteiger partial charge on any atom is -0.451 e. The maximum Gasteiger partial charge on any atom is 0.310 e. The molecule has 0 N–H and O–H groups in total. The van der Waals surface area contributed by atoms with E-state index in [9.17, 15) is 9.59 Å². The summed E-state index contributed by atoms with van der Waals surface area (Å²) in [5, 5.41) is 0. The van der Waals surface area contributed by atoms with Gasteiger partial charge in [0.2, 0.25) is 0 Å². The zero-order chi connectivity index (χ0) is 17.2. The Labute approximate surface area is 138 Å². The monoisotopic (exact) mass is 317 g/mol. The third-order valence-corrected chi connectivity index (χ3v) is 4.48. The summed E-state index contributed by atoms with van der Waals surface area (Å²) in [4.78, 5) is 25.3. The van der Waals surface area contributed by atoms with E-state index in [4.69, 9.17) is 4.74 Å². The van der Waals surface area contributed by atoms with Crippen molar-refractivity contribution in [1.29, 1.82) is 0 Å². The molecule has 0 saturated carbocycles. The Hall–Kier alpha value is -1.84. The molecule has 1 aromatic rings. The molecule has 1 aromatic carbocycles. The second-order valence-corrected chi connectivity index (χ2v) is 7.35. The van der Waals surface area contributed by atoms with Gasteiger partial charge in [0.15, 0.2) is 6.10 Å². The highest BCUT2D eigenvalue weighted by Gasteiger charge is 2.38. The molecular formula is C19H27NO3. The predicted octanol–water partition coefficient (Wildman–Crippen LogP) is 3.43. The average molecular weight is 317 g/mol. The van der Waals surface area contributed by atoms with Crippen molar-refractivity contribution in [2.24, 2.45) is 0 Å². The summed E-state index contributed by atoms with van der Waals surface area (Å²) in [7, 11) is 0. The first-order valence-electron chi connectivity index (χ1n) is 8.31. The van der Waals surface area contributed by atoms with E-state index in [2.05, 4.69) is 52.0 Å². The molecule has 0 unspecified atom stereocenters. The van der Waals surface area contributed by atoms with Gasteiger partial charge in [0.25, 0.3) is 5.91 Å². The minimum absolute atomic E-state index is 0.0844. The fourth-order valence-corrected chi connectivity index (χ4v) is 2.60. The molecule has 0 bridgehead atoms. The Bertz CT molecular complexity index is 563. The fraction of sp³-hybridized carbons (Fsp3) is 0.579. The molecule has 1 amide bonds. The Balaban J connectivity index is 2.11. The first-order chi connectivity index (χ1) is 10.7. The first kappa shape index (κ1) is 17.5. The van der Waals surface area contributed by atoms with E-state index in [1.807, 2.05) is 11.8 Å². The average Bonchev–Trinajstić information content (AvgIpc) is 2.47. The van der Waals surface area contributed by atoms with Gasteiger partial charge in [0, 0.05) is 12.6 Å². The molecule has 1 saturated heterocycles. The van der Waals surface area contributed by atoms with Crippen LogP contribution in [0.4, 0.5) is 0 Å². The number of amides is 1. The number of esters is 1. The Morgan fingerprint density at radius 3 is 2.30 bits per heavy atom. The Morgan fingerprint density at radius 2 is 1.87 bits per heavy atom. The zero-order valence-corrected chi connectivity index (χ0v) is 14.8. The van der Waals surface area contributed by atoms with Gasteiger partial charge in [-0.15, -0.1) is 0 Å². The number of nitrogens with zero attached hydrogens (tertiary/aromatic N) is 1. The quantitative estimate of drug-likeness (QED) is 0.782. The van der Waals surface area contributed by atoms with Crippen molar-refractivity contribution in [3.63, 3.8) is 0 Å². The van der Waals surface area contributed by atoms with Crippen LogP contribution in [0.15, 0.2) is 24.3 Å². The standard InChI is InChI=1S/C19H27NO3/c1-6-13(2)20(18(22)16-11-17(21)23-16)12-14-7-9-15(10-8-14)19(3,4)5/h7-10,13,16H,6,11-12H2,1-5H3/t13-,16+/m0/s1. The van der Waals surface area contributed by atoms with Gasteiger partial charge in [-0.2, -0.15) is 0 Å². The highest BCUT2D eigenvalue weighted by atomic mass is 16.6. The topological polar surface area (TPSA) is 46.6 Å². The molecule has 1 aliphatic rings. The third kappa shape index (κ3) is 4.12. The second-order valence-electron chi connectivity index (χ2n) is 7.35. The summed E-state index contributed by atoms with van der Waals surface area (Å²) in [6.07, 6.45) is 0.478. The predicted molar refractivity (Wildman–Crippen MR) is 89.9 cm³/mol. The number of hydrogen-bond acceptors (Lipinski definition) is 3. The number of hydrogen-bond donors (Lipinski definition) is 0. The van der Waals surface area contributed by atoms with Crippen LogP contribution < -0.4 is 0 Å². The Morgan fingerprint density at radius 1 is 1.30 bits per heavy atom. The lowest BCUT2D eigenvalue weighted by molar-refractivity contribution is -0.180. The van der Waals surface area contributed by atoms with Gasteiger partial charge in [0.05, 0.1) is 6.42 Å². The van der Waals surface area contributed by atoms with E-state index in [1.165, 1.54) is 5.56 Å². The van der Waals surface area contributed by atoms with Crippen LogP contribution >= 0.6 is 0 Å². The summed E-state index contributed by atoms with van der Waals surface area (Å²) < 4.78 is 4.95. The van der Waals surface area contributed by atoms with Crippen molar-refractivity contribution in [2.45, 2.75) is 71.6 Å². The number of carbonyl (C=O) groups is 2. The highest BCUT2D eigenvalue weighted by molar-refractivity contribution is 5.92. The lowest BCUT2D eigenvalue weighted by Crippen LogP contribution is -2.50. The zero-order valence-electron chi connectivity index (χ0n) is 14.8. The van der Waals surface area contributed by atoms with E-state index < -0.39 is 6.10 Å². The van der Waals surface area contributed by atoms with Crippen LogP contribution in [-0.4, -0.2) is 28.9 Å². The molecule has 0 radical (unpaired) electrons. The largest absolute Gasteiger partial charge is 0.451 e.